The molecule has 0 saturated carbocycles. The maximum atomic E-state index is 11.9. The third-order valence-electron chi connectivity index (χ3n) is 2.41. The highest BCUT2D eigenvalue weighted by atomic mass is 32.1. The van der Waals surface area contributed by atoms with Crippen molar-refractivity contribution < 1.29 is 24.2 Å². The third-order valence-corrected chi connectivity index (χ3v) is 2.78. The summed E-state index contributed by atoms with van der Waals surface area (Å²) in [4.78, 5) is 42.6. The Morgan fingerprint density at radius 2 is 1.95 bits per heavy atom. The molecule has 0 saturated heterocycles. The van der Waals surface area contributed by atoms with Gasteiger partial charge < -0.3 is 10.1 Å². The summed E-state index contributed by atoms with van der Waals surface area (Å²) in [5.74, 6) is -2.24. The van der Waals surface area contributed by atoms with Gasteiger partial charge in [0.1, 0.15) is 6.04 Å². The zero-order valence-corrected chi connectivity index (χ0v) is 12.1. The van der Waals surface area contributed by atoms with Crippen molar-refractivity contribution in [2.45, 2.75) is 13.0 Å². The first-order valence-corrected chi connectivity index (χ1v) is 6.42. The van der Waals surface area contributed by atoms with Crippen molar-refractivity contribution in [2.24, 2.45) is 0 Å². The Balaban J connectivity index is 3.14. The minimum atomic E-state index is -1.14. The van der Waals surface area contributed by atoms with Gasteiger partial charge in [-0.25, -0.2) is 4.79 Å². The lowest BCUT2D eigenvalue weighted by molar-refractivity contribution is -0.423. The average molecular weight is 329 g/mol. The summed E-state index contributed by atoms with van der Waals surface area (Å²) in [6.45, 7) is 1.17. The van der Waals surface area contributed by atoms with Crippen LogP contribution in [0.25, 0.3) is 0 Å². The number of carbonyl (C=O) groups is 2. The molecule has 1 aromatic rings. The van der Waals surface area contributed by atoms with E-state index in [0.29, 0.717) is 0 Å². The number of benzene rings is 1. The summed E-state index contributed by atoms with van der Waals surface area (Å²) in [5, 5.41) is 24.0. The fourth-order valence-corrected chi connectivity index (χ4v) is 1.77. The Kier molecular flexibility index (Phi) is 5.81. The van der Waals surface area contributed by atoms with E-state index >= 15 is 0 Å². The van der Waals surface area contributed by atoms with Crippen LogP contribution in [-0.4, -0.2) is 33.5 Å². The number of para-hydroxylation sites is 1. The summed E-state index contributed by atoms with van der Waals surface area (Å²) in [7, 11) is 0. The molecule has 0 aliphatic heterocycles. The van der Waals surface area contributed by atoms with Gasteiger partial charge in [0.05, 0.1) is 9.85 Å². The molecular weight excluding hydrogens is 318 g/mol. The molecule has 10 nitrogen and oxygen atoms in total. The van der Waals surface area contributed by atoms with Crippen molar-refractivity contribution in [1.29, 1.82) is 0 Å². The van der Waals surface area contributed by atoms with Crippen LogP contribution in [0.4, 0.5) is 11.4 Å². The quantitative estimate of drug-likeness (QED) is 0.259. The molecule has 0 aliphatic rings. The molecule has 11 heteroatoms. The van der Waals surface area contributed by atoms with Crippen molar-refractivity contribution in [2.75, 3.05) is 5.75 Å². The first-order chi connectivity index (χ1) is 10.3. The summed E-state index contributed by atoms with van der Waals surface area (Å²) in [6, 6.07) is 1.97. The van der Waals surface area contributed by atoms with Crippen LogP contribution in [0, 0.1) is 20.2 Å². The number of nitro groups is 2. The van der Waals surface area contributed by atoms with E-state index in [2.05, 4.69) is 17.9 Å². The van der Waals surface area contributed by atoms with Crippen LogP contribution >= 0.6 is 12.6 Å². The minimum Gasteiger partial charge on any atom is -0.417 e. The first kappa shape index (κ1) is 17.4. The van der Waals surface area contributed by atoms with Crippen LogP contribution in [0.1, 0.15) is 6.92 Å². The number of carbonyl (C=O) groups excluding carboxylic acids is 2. The number of esters is 1. The summed E-state index contributed by atoms with van der Waals surface area (Å²) < 4.78 is 4.80. The Labute approximate surface area is 129 Å². The van der Waals surface area contributed by atoms with Crippen LogP contribution in [0.15, 0.2) is 18.2 Å². The van der Waals surface area contributed by atoms with E-state index < -0.39 is 44.9 Å². The van der Waals surface area contributed by atoms with Gasteiger partial charge in [-0.15, -0.1) is 0 Å². The Hall–Kier alpha value is -2.69. The number of hydrogen-bond donors (Lipinski definition) is 2. The molecule has 1 atom stereocenters. The van der Waals surface area contributed by atoms with Gasteiger partial charge in [-0.2, -0.15) is 12.6 Å². The van der Waals surface area contributed by atoms with Gasteiger partial charge in [-0.05, 0) is 6.07 Å². The molecule has 0 unspecified atom stereocenters. The van der Waals surface area contributed by atoms with E-state index in [9.17, 15) is 29.8 Å². The molecule has 1 rings (SSSR count). The molecule has 0 spiro atoms. The van der Waals surface area contributed by atoms with Crippen LogP contribution in [0.3, 0.4) is 0 Å². The van der Waals surface area contributed by atoms with E-state index in [-0.39, 0.29) is 5.75 Å². The average Bonchev–Trinajstić information content (AvgIpc) is 2.43. The number of nitrogens with one attached hydrogen (secondary N) is 1. The number of nitrogens with zero attached hydrogens (tertiary/aromatic N) is 2. The summed E-state index contributed by atoms with van der Waals surface area (Å²) in [6.07, 6.45) is 0. The minimum absolute atomic E-state index is 0.110. The maximum Gasteiger partial charge on any atom is 0.388 e. The Morgan fingerprint density at radius 1 is 1.32 bits per heavy atom. The highest BCUT2D eigenvalue weighted by Crippen LogP contribution is 2.36. The molecular formula is C11H11N3O7S. The maximum absolute atomic E-state index is 11.9. The van der Waals surface area contributed by atoms with E-state index in [0.717, 1.165) is 18.2 Å². The van der Waals surface area contributed by atoms with Gasteiger partial charge >= 0.3 is 17.3 Å². The largest absolute Gasteiger partial charge is 0.417 e. The van der Waals surface area contributed by atoms with Crippen molar-refractivity contribution in [3.05, 3.63) is 38.4 Å². The topological polar surface area (TPSA) is 142 Å². The second-order valence-corrected chi connectivity index (χ2v) is 4.36. The van der Waals surface area contributed by atoms with Crippen LogP contribution in [0.5, 0.6) is 5.75 Å². The lowest BCUT2D eigenvalue weighted by Crippen LogP contribution is -2.43. The first-order valence-electron chi connectivity index (χ1n) is 5.79. The van der Waals surface area contributed by atoms with Crippen LogP contribution in [0.2, 0.25) is 0 Å². The molecule has 0 aliphatic carbocycles. The highest BCUT2D eigenvalue weighted by molar-refractivity contribution is 7.80. The second kappa shape index (κ2) is 7.36. The molecule has 0 radical (unpaired) electrons. The van der Waals surface area contributed by atoms with Gasteiger partial charge in [0.15, 0.2) is 0 Å². The second-order valence-electron chi connectivity index (χ2n) is 3.99. The number of hydrogen-bond acceptors (Lipinski definition) is 8. The molecule has 1 N–H and O–H groups in total. The van der Waals surface area contributed by atoms with Gasteiger partial charge in [0.25, 0.3) is 0 Å². The predicted molar refractivity (Wildman–Crippen MR) is 76.8 cm³/mol. The van der Waals surface area contributed by atoms with Gasteiger partial charge in [0, 0.05) is 18.7 Å². The normalized spacial score (nSPS) is 11.4. The number of rotatable bonds is 6. The lowest BCUT2D eigenvalue weighted by Gasteiger charge is -2.14. The van der Waals surface area contributed by atoms with Crippen LogP contribution in [-0.2, 0) is 9.59 Å². The monoisotopic (exact) mass is 329 g/mol. The van der Waals surface area contributed by atoms with Crippen molar-refractivity contribution in [1.82, 2.24) is 5.32 Å². The van der Waals surface area contributed by atoms with E-state index in [1.54, 1.807) is 0 Å². The molecule has 118 valence electrons. The van der Waals surface area contributed by atoms with E-state index in [1.165, 1.54) is 6.92 Å². The number of nitro benzene ring substituents is 2. The molecule has 1 aromatic carbocycles. The predicted octanol–water partition coefficient (Wildman–Crippen LogP) is 0.843. The van der Waals surface area contributed by atoms with Crippen molar-refractivity contribution in [3.8, 4) is 5.75 Å². The Bertz CT molecular complexity index is 634. The molecule has 0 heterocycles. The number of ether oxygens (including phenoxy) is 1. The number of thiol groups is 1. The molecule has 22 heavy (non-hydrogen) atoms. The highest BCUT2D eigenvalue weighted by Gasteiger charge is 2.32. The molecule has 1 amide bonds. The van der Waals surface area contributed by atoms with Crippen LogP contribution < -0.4 is 10.1 Å². The third kappa shape index (κ3) is 4.15. The number of amides is 1. The lowest BCUT2D eigenvalue weighted by atomic mass is 10.2. The van der Waals surface area contributed by atoms with Gasteiger partial charge in [-0.3, -0.25) is 25.0 Å². The zero-order valence-electron chi connectivity index (χ0n) is 11.2. The zero-order chi connectivity index (χ0) is 16.9. The van der Waals surface area contributed by atoms with Crippen molar-refractivity contribution in [3.63, 3.8) is 0 Å². The molecule has 0 bridgehead atoms. The summed E-state index contributed by atoms with van der Waals surface area (Å²) >= 11 is 3.86. The SMILES string of the molecule is CC(=O)N[C@@H](CS)C(=O)Oc1cccc([N+](=O)[O-])c1[N+](=O)[O-]. The van der Waals surface area contributed by atoms with E-state index in [4.69, 9.17) is 4.74 Å². The standard InChI is InChI=1S/C11H11N3O7S/c1-6(15)12-7(5-22)11(16)21-9-4-2-3-8(13(17)18)10(9)14(19)20/h2-4,7,22H,5H2,1H3,(H,12,15)/t7-/m0/s1. The molecule has 0 fully saturated rings. The Morgan fingerprint density at radius 3 is 2.41 bits per heavy atom. The van der Waals surface area contributed by atoms with Gasteiger partial charge in [-0.1, -0.05) is 6.07 Å². The fraction of sp³-hybridized carbons (Fsp3) is 0.273. The summed E-state index contributed by atoms with van der Waals surface area (Å²) in [5.41, 5.74) is -1.75. The van der Waals surface area contributed by atoms with Crippen molar-refractivity contribution >= 4 is 35.9 Å². The fourth-order valence-electron chi connectivity index (χ4n) is 1.53. The smallest absolute Gasteiger partial charge is 0.388 e. The molecule has 0 aromatic heterocycles. The van der Waals surface area contributed by atoms with Gasteiger partial charge in [0.2, 0.25) is 11.7 Å². The van der Waals surface area contributed by atoms with E-state index in [1.807, 2.05) is 0 Å².